The number of nitrogens with zero attached hydrogens (tertiary/aromatic N) is 1. The molecule has 2 N–H and O–H groups in total. The average molecular weight is 411 g/mol. The Morgan fingerprint density at radius 2 is 1.97 bits per heavy atom. The zero-order chi connectivity index (χ0) is 21.6. The molecular formula is C20H24F3N3O3. The van der Waals surface area contributed by atoms with E-state index in [0.717, 1.165) is 23.5 Å². The zero-order valence-corrected chi connectivity index (χ0v) is 16.5. The molecule has 3 rings (SSSR count). The number of hydrogen-bond acceptors (Lipinski definition) is 3. The number of halogens is 3. The van der Waals surface area contributed by atoms with E-state index in [9.17, 15) is 27.6 Å². The van der Waals surface area contributed by atoms with Crippen LogP contribution in [-0.4, -0.2) is 34.8 Å². The van der Waals surface area contributed by atoms with Gasteiger partial charge >= 0.3 is 12.2 Å². The van der Waals surface area contributed by atoms with Crippen LogP contribution >= 0.6 is 0 Å². The molecule has 0 unspecified atom stereocenters. The zero-order valence-electron chi connectivity index (χ0n) is 16.5. The molecule has 2 aliphatic rings. The lowest BCUT2D eigenvalue weighted by atomic mass is 9.64. The van der Waals surface area contributed by atoms with Crippen molar-refractivity contribution in [3.8, 4) is 0 Å². The molecule has 2 fully saturated rings. The lowest BCUT2D eigenvalue weighted by Gasteiger charge is -2.43. The number of anilines is 1. The van der Waals surface area contributed by atoms with Gasteiger partial charge in [-0.25, -0.2) is 4.79 Å². The molecule has 1 aliphatic carbocycles. The highest BCUT2D eigenvalue weighted by Gasteiger charge is 2.56. The molecule has 1 heterocycles. The summed E-state index contributed by atoms with van der Waals surface area (Å²) in [6.07, 6.45) is -2.65. The van der Waals surface area contributed by atoms with Crippen molar-refractivity contribution in [3.63, 3.8) is 0 Å². The van der Waals surface area contributed by atoms with Crippen LogP contribution in [0.5, 0.6) is 0 Å². The number of benzene rings is 1. The second kappa shape index (κ2) is 7.03. The second-order valence-electron chi connectivity index (χ2n) is 8.88. The number of urea groups is 1. The van der Waals surface area contributed by atoms with E-state index in [-0.39, 0.29) is 17.0 Å². The van der Waals surface area contributed by atoms with Gasteiger partial charge in [-0.05, 0) is 48.8 Å². The SMILES string of the molecule is C[C@H]1CC(C)(C)C[C@]2(C1)NC(=O)N(CC(=O)Nc1cccc(C(F)(F)F)c1)C2=O. The standard InChI is InChI=1S/C20H24F3N3O3/c1-12-8-18(2,3)11-19(9-12)16(28)26(17(29)25-19)10-15(27)24-14-6-4-5-13(7-14)20(21,22)23/h4-7,12H,8-11H2,1-3H3,(H,24,27)(H,25,29)/t12-,19-/m0/s1. The van der Waals surface area contributed by atoms with E-state index in [0.29, 0.717) is 12.8 Å². The smallest absolute Gasteiger partial charge is 0.325 e. The van der Waals surface area contributed by atoms with Gasteiger partial charge in [-0.1, -0.05) is 26.8 Å². The van der Waals surface area contributed by atoms with E-state index in [2.05, 4.69) is 10.6 Å². The summed E-state index contributed by atoms with van der Waals surface area (Å²) in [4.78, 5) is 38.6. The van der Waals surface area contributed by atoms with Crippen molar-refractivity contribution in [1.82, 2.24) is 10.2 Å². The predicted octanol–water partition coefficient (Wildman–Crippen LogP) is 3.78. The normalized spacial score (nSPS) is 26.6. The molecule has 158 valence electrons. The Bertz CT molecular complexity index is 853. The molecule has 9 heteroatoms. The van der Waals surface area contributed by atoms with Gasteiger partial charge in [0.25, 0.3) is 5.91 Å². The summed E-state index contributed by atoms with van der Waals surface area (Å²) in [6.45, 7) is 5.53. The Balaban J connectivity index is 1.71. The molecule has 0 radical (unpaired) electrons. The Morgan fingerprint density at radius 3 is 2.59 bits per heavy atom. The lowest BCUT2D eigenvalue weighted by molar-refractivity contribution is -0.137. The van der Waals surface area contributed by atoms with Gasteiger partial charge < -0.3 is 10.6 Å². The van der Waals surface area contributed by atoms with Gasteiger partial charge in [0, 0.05) is 5.69 Å². The summed E-state index contributed by atoms with van der Waals surface area (Å²) >= 11 is 0. The van der Waals surface area contributed by atoms with Gasteiger partial charge in [0.1, 0.15) is 12.1 Å². The highest BCUT2D eigenvalue weighted by molar-refractivity contribution is 6.10. The van der Waals surface area contributed by atoms with Crippen LogP contribution in [0.4, 0.5) is 23.7 Å². The van der Waals surface area contributed by atoms with Crippen molar-refractivity contribution in [1.29, 1.82) is 0 Å². The van der Waals surface area contributed by atoms with Gasteiger partial charge in [-0.15, -0.1) is 0 Å². The highest BCUT2D eigenvalue weighted by Crippen LogP contribution is 2.46. The van der Waals surface area contributed by atoms with E-state index in [1.54, 1.807) is 0 Å². The molecule has 2 atom stereocenters. The number of alkyl halides is 3. The number of nitrogens with one attached hydrogen (secondary N) is 2. The first-order valence-corrected chi connectivity index (χ1v) is 9.43. The summed E-state index contributed by atoms with van der Waals surface area (Å²) < 4.78 is 38.4. The molecule has 0 bridgehead atoms. The van der Waals surface area contributed by atoms with Crippen LogP contribution in [0.3, 0.4) is 0 Å². The lowest BCUT2D eigenvalue weighted by Crippen LogP contribution is -2.54. The minimum absolute atomic E-state index is 0.0565. The topological polar surface area (TPSA) is 78.5 Å². The molecular weight excluding hydrogens is 387 g/mol. The molecule has 6 nitrogen and oxygen atoms in total. The van der Waals surface area contributed by atoms with Gasteiger partial charge in [0.15, 0.2) is 0 Å². The summed E-state index contributed by atoms with van der Waals surface area (Å²) in [7, 11) is 0. The maximum absolute atomic E-state index is 13.0. The molecule has 1 spiro atoms. The molecule has 29 heavy (non-hydrogen) atoms. The summed E-state index contributed by atoms with van der Waals surface area (Å²) in [5.74, 6) is -0.976. The van der Waals surface area contributed by atoms with E-state index in [4.69, 9.17) is 0 Å². The maximum Gasteiger partial charge on any atom is 0.416 e. The summed E-state index contributed by atoms with van der Waals surface area (Å²) in [5, 5.41) is 5.09. The highest BCUT2D eigenvalue weighted by atomic mass is 19.4. The number of carbonyl (C=O) groups excluding carboxylic acids is 3. The fraction of sp³-hybridized carbons (Fsp3) is 0.550. The Morgan fingerprint density at radius 1 is 1.28 bits per heavy atom. The van der Waals surface area contributed by atoms with Gasteiger partial charge in [0.2, 0.25) is 5.91 Å². The first kappa shape index (κ1) is 21.1. The van der Waals surface area contributed by atoms with Crippen molar-refractivity contribution in [2.24, 2.45) is 11.3 Å². The minimum Gasteiger partial charge on any atom is -0.325 e. The third-order valence-corrected chi connectivity index (χ3v) is 5.40. The summed E-state index contributed by atoms with van der Waals surface area (Å²) in [5.41, 5.74) is -2.13. The largest absolute Gasteiger partial charge is 0.416 e. The minimum atomic E-state index is -4.54. The monoisotopic (exact) mass is 411 g/mol. The average Bonchev–Trinajstić information content (AvgIpc) is 2.76. The molecule has 1 saturated heterocycles. The van der Waals surface area contributed by atoms with Crippen LogP contribution in [0.1, 0.15) is 45.6 Å². The number of carbonyl (C=O) groups is 3. The van der Waals surface area contributed by atoms with Gasteiger partial charge in [0.05, 0.1) is 5.56 Å². The van der Waals surface area contributed by atoms with Crippen molar-refractivity contribution >= 4 is 23.5 Å². The molecule has 4 amide bonds. The van der Waals surface area contributed by atoms with Gasteiger partial charge in [-0.2, -0.15) is 13.2 Å². The number of amides is 4. The third kappa shape index (κ3) is 4.38. The Hall–Kier alpha value is -2.58. The quantitative estimate of drug-likeness (QED) is 0.743. The predicted molar refractivity (Wildman–Crippen MR) is 99.8 cm³/mol. The first-order chi connectivity index (χ1) is 13.3. The van der Waals surface area contributed by atoms with Crippen LogP contribution in [0.25, 0.3) is 0 Å². The fourth-order valence-electron chi connectivity index (χ4n) is 4.77. The van der Waals surface area contributed by atoms with Crippen molar-refractivity contribution in [3.05, 3.63) is 29.8 Å². The molecule has 1 aromatic rings. The summed E-state index contributed by atoms with van der Waals surface area (Å²) in [6, 6.07) is 3.52. The van der Waals surface area contributed by atoms with E-state index in [1.807, 2.05) is 20.8 Å². The second-order valence-corrected chi connectivity index (χ2v) is 8.88. The van der Waals surface area contributed by atoms with Crippen LogP contribution < -0.4 is 10.6 Å². The molecule has 1 aromatic carbocycles. The van der Waals surface area contributed by atoms with E-state index >= 15 is 0 Å². The molecule has 0 aromatic heterocycles. The Kier molecular flexibility index (Phi) is 5.13. The number of imide groups is 1. The van der Waals surface area contributed by atoms with Crippen LogP contribution in [0.2, 0.25) is 0 Å². The maximum atomic E-state index is 13.0. The Labute approximate surface area is 166 Å². The van der Waals surface area contributed by atoms with Gasteiger partial charge in [-0.3, -0.25) is 14.5 Å². The van der Waals surface area contributed by atoms with Crippen LogP contribution in [0.15, 0.2) is 24.3 Å². The molecule has 1 saturated carbocycles. The van der Waals surface area contributed by atoms with Crippen LogP contribution in [-0.2, 0) is 15.8 Å². The van der Waals surface area contributed by atoms with E-state index in [1.165, 1.54) is 12.1 Å². The number of rotatable bonds is 3. The van der Waals surface area contributed by atoms with Crippen molar-refractivity contribution in [2.45, 2.75) is 51.7 Å². The third-order valence-electron chi connectivity index (χ3n) is 5.40. The van der Waals surface area contributed by atoms with Crippen molar-refractivity contribution < 1.29 is 27.6 Å². The number of hydrogen-bond donors (Lipinski definition) is 2. The van der Waals surface area contributed by atoms with Crippen molar-refractivity contribution in [2.75, 3.05) is 11.9 Å². The van der Waals surface area contributed by atoms with Crippen LogP contribution in [0, 0.1) is 11.3 Å². The fourth-order valence-corrected chi connectivity index (χ4v) is 4.77. The first-order valence-electron chi connectivity index (χ1n) is 9.43. The molecule has 1 aliphatic heterocycles. The van der Waals surface area contributed by atoms with E-state index < -0.39 is 41.7 Å².